The van der Waals surface area contributed by atoms with Gasteiger partial charge in [0.2, 0.25) is 0 Å². The van der Waals surface area contributed by atoms with Crippen LogP contribution < -0.4 is 10.5 Å². The number of benzene rings is 1. The van der Waals surface area contributed by atoms with Crippen molar-refractivity contribution >= 4 is 0 Å². The topological polar surface area (TPSA) is 74.2 Å². The highest BCUT2D eigenvalue weighted by molar-refractivity contribution is 5.20. The average Bonchev–Trinajstić information content (AvgIpc) is 2.76. The van der Waals surface area contributed by atoms with Crippen LogP contribution in [0, 0.1) is 0 Å². The third-order valence-corrected chi connectivity index (χ3v) is 1.98. The Kier molecular flexibility index (Phi) is 3.50. The Morgan fingerprint density at radius 3 is 2.81 bits per heavy atom. The normalized spacial score (nSPS) is 10.3. The zero-order chi connectivity index (χ0) is 11.2. The lowest BCUT2D eigenvalue weighted by Gasteiger charge is -2.00. The van der Waals surface area contributed by atoms with E-state index in [2.05, 4.69) is 10.1 Å². The molecule has 0 unspecified atom stereocenters. The van der Waals surface area contributed by atoms with Crippen molar-refractivity contribution in [2.24, 2.45) is 5.73 Å². The molecule has 0 aliphatic heterocycles. The molecule has 2 N–H and O–H groups in total. The Balaban J connectivity index is 1.89. The van der Waals surface area contributed by atoms with Gasteiger partial charge in [0.05, 0.1) is 0 Å². The van der Waals surface area contributed by atoms with Crippen molar-refractivity contribution in [2.45, 2.75) is 13.0 Å². The molecule has 16 heavy (non-hydrogen) atoms. The quantitative estimate of drug-likeness (QED) is 0.816. The van der Waals surface area contributed by atoms with Crippen LogP contribution in [0.2, 0.25) is 0 Å². The second-order valence-corrected chi connectivity index (χ2v) is 3.24. The lowest BCUT2D eigenvalue weighted by atomic mass is 10.3. The summed E-state index contributed by atoms with van der Waals surface area (Å²) >= 11 is 0. The number of aromatic nitrogens is 2. The SMILES string of the molecule is NCCc1noc(COc2ccccc2)n1. The first-order chi connectivity index (χ1) is 7.88. The molecule has 84 valence electrons. The van der Waals surface area contributed by atoms with Gasteiger partial charge in [0.1, 0.15) is 5.75 Å². The van der Waals surface area contributed by atoms with E-state index in [1.165, 1.54) is 0 Å². The average molecular weight is 219 g/mol. The van der Waals surface area contributed by atoms with E-state index < -0.39 is 0 Å². The molecule has 0 saturated heterocycles. The Morgan fingerprint density at radius 2 is 2.06 bits per heavy atom. The first-order valence-electron chi connectivity index (χ1n) is 5.08. The van der Waals surface area contributed by atoms with Gasteiger partial charge in [-0.2, -0.15) is 4.98 Å². The van der Waals surface area contributed by atoms with Crippen molar-refractivity contribution in [3.8, 4) is 5.75 Å². The summed E-state index contributed by atoms with van der Waals surface area (Å²) in [6.45, 7) is 0.792. The summed E-state index contributed by atoms with van der Waals surface area (Å²) in [4.78, 5) is 4.13. The fraction of sp³-hybridized carbons (Fsp3) is 0.273. The summed E-state index contributed by atoms with van der Waals surface area (Å²) < 4.78 is 10.5. The number of nitrogens with zero attached hydrogens (tertiary/aromatic N) is 2. The van der Waals surface area contributed by atoms with Crippen LogP contribution in [0.4, 0.5) is 0 Å². The fourth-order valence-electron chi connectivity index (χ4n) is 1.24. The Labute approximate surface area is 93.2 Å². The minimum absolute atomic E-state index is 0.279. The van der Waals surface area contributed by atoms with E-state index in [4.69, 9.17) is 15.0 Å². The lowest BCUT2D eigenvalue weighted by molar-refractivity contribution is 0.242. The third-order valence-electron chi connectivity index (χ3n) is 1.98. The molecule has 2 rings (SSSR count). The minimum Gasteiger partial charge on any atom is -0.484 e. The van der Waals surface area contributed by atoms with Gasteiger partial charge >= 0.3 is 0 Å². The lowest BCUT2D eigenvalue weighted by Crippen LogP contribution is -2.04. The molecule has 2 aromatic rings. The third kappa shape index (κ3) is 2.80. The molecule has 0 amide bonds. The summed E-state index contributed by atoms with van der Waals surface area (Å²) in [5.74, 6) is 1.86. The molecule has 0 fully saturated rings. The van der Waals surface area contributed by atoms with Gasteiger partial charge in [0.25, 0.3) is 5.89 Å². The predicted molar refractivity (Wildman–Crippen MR) is 57.8 cm³/mol. The smallest absolute Gasteiger partial charge is 0.264 e. The standard InChI is InChI=1S/C11H13N3O2/c12-7-6-10-13-11(16-14-10)8-15-9-4-2-1-3-5-9/h1-5H,6-8,12H2. The number of para-hydroxylation sites is 1. The highest BCUT2D eigenvalue weighted by atomic mass is 16.5. The van der Waals surface area contributed by atoms with E-state index >= 15 is 0 Å². The molecular weight excluding hydrogens is 206 g/mol. The second kappa shape index (κ2) is 5.27. The zero-order valence-electron chi connectivity index (χ0n) is 8.80. The molecule has 0 saturated carbocycles. The van der Waals surface area contributed by atoms with Crippen LogP contribution >= 0.6 is 0 Å². The van der Waals surface area contributed by atoms with Crippen LogP contribution in [0.25, 0.3) is 0 Å². The van der Waals surface area contributed by atoms with E-state index in [0.29, 0.717) is 24.7 Å². The van der Waals surface area contributed by atoms with Gasteiger partial charge in [-0.3, -0.25) is 0 Å². The van der Waals surface area contributed by atoms with Crippen LogP contribution in [0.1, 0.15) is 11.7 Å². The van der Waals surface area contributed by atoms with Crippen LogP contribution in [0.3, 0.4) is 0 Å². The molecule has 0 atom stereocenters. The summed E-state index contributed by atoms with van der Waals surface area (Å²) in [5, 5.41) is 3.77. The highest BCUT2D eigenvalue weighted by Gasteiger charge is 2.05. The van der Waals surface area contributed by atoms with Gasteiger partial charge in [0.15, 0.2) is 12.4 Å². The van der Waals surface area contributed by atoms with Crippen LogP contribution in [-0.4, -0.2) is 16.7 Å². The van der Waals surface area contributed by atoms with Crippen molar-refractivity contribution in [3.63, 3.8) is 0 Å². The first-order valence-corrected chi connectivity index (χ1v) is 5.08. The van der Waals surface area contributed by atoms with E-state index in [-0.39, 0.29) is 6.61 Å². The monoisotopic (exact) mass is 219 g/mol. The van der Waals surface area contributed by atoms with Crippen LogP contribution in [0.5, 0.6) is 5.75 Å². The molecule has 5 heteroatoms. The molecular formula is C11H13N3O2. The first kappa shape index (κ1) is 10.6. The van der Waals surface area contributed by atoms with Crippen LogP contribution in [0.15, 0.2) is 34.9 Å². The van der Waals surface area contributed by atoms with Crippen molar-refractivity contribution < 1.29 is 9.26 Å². The number of rotatable bonds is 5. The van der Waals surface area contributed by atoms with Crippen molar-refractivity contribution in [2.75, 3.05) is 6.54 Å². The van der Waals surface area contributed by atoms with E-state index in [9.17, 15) is 0 Å². The van der Waals surface area contributed by atoms with E-state index in [1.807, 2.05) is 30.3 Å². The number of ether oxygens (including phenoxy) is 1. The van der Waals surface area contributed by atoms with E-state index in [0.717, 1.165) is 5.75 Å². The van der Waals surface area contributed by atoms with Gasteiger partial charge in [-0.25, -0.2) is 0 Å². The summed E-state index contributed by atoms with van der Waals surface area (Å²) in [5.41, 5.74) is 5.38. The number of hydrogen-bond acceptors (Lipinski definition) is 5. The summed E-state index contributed by atoms with van der Waals surface area (Å²) in [7, 11) is 0. The maximum Gasteiger partial charge on any atom is 0.264 e. The van der Waals surface area contributed by atoms with Crippen LogP contribution in [-0.2, 0) is 13.0 Å². The fourth-order valence-corrected chi connectivity index (χ4v) is 1.24. The van der Waals surface area contributed by atoms with Gasteiger partial charge in [0, 0.05) is 6.42 Å². The maximum absolute atomic E-state index is 5.46. The molecule has 0 radical (unpaired) electrons. The maximum atomic E-state index is 5.46. The molecule has 5 nitrogen and oxygen atoms in total. The van der Waals surface area contributed by atoms with E-state index in [1.54, 1.807) is 0 Å². The zero-order valence-corrected chi connectivity index (χ0v) is 8.80. The molecule has 0 aliphatic rings. The molecule has 1 aromatic carbocycles. The Morgan fingerprint density at radius 1 is 1.25 bits per heavy atom. The summed E-state index contributed by atoms with van der Waals surface area (Å²) in [6, 6.07) is 9.49. The molecule has 1 aromatic heterocycles. The van der Waals surface area contributed by atoms with Crippen molar-refractivity contribution in [1.29, 1.82) is 0 Å². The van der Waals surface area contributed by atoms with Gasteiger partial charge < -0.3 is 15.0 Å². The number of hydrogen-bond donors (Lipinski definition) is 1. The molecule has 0 bridgehead atoms. The van der Waals surface area contributed by atoms with Crippen molar-refractivity contribution in [3.05, 3.63) is 42.0 Å². The molecule has 0 aliphatic carbocycles. The largest absolute Gasteiger partial charge is 0.484 e. The Hall–Kier alpha value is -1.88. The summed E-state index contributed by atoms with van der Waals surface area (Å²) in [6.07, 6.45) is 0.620. The minimum atomic E-state index is 0.279. The number of nitrogens with two attached hydrogens (primary N) is 1. The predicted octanol–water partition coefficient (Wildman–Crippen LogP) is 1.15. The van der Waals surface area contributed by atoms with Gasteiger partial charge in [-0.15, -0.1) is 0 Å². The van der Waals surface area contributed by atoms with Gasteiger partial charge in [-0.05, 0) is 18.7 Å². The van der Waals surface area contributed by atoms with Gasteiger partial charge in [-0.1, -0.05) is 23.4 Å². The Bertz CT molecular complexity index is 428. The molecule has 0 spiro atoms. The highest BCUT2D eigenvalue weighted by Crippen LogP contribution is 2.10. The van der Waals surface area contributed by atoms with Crippen molar-refractivity contribution in [1.82, 2.24) is 10.1 Å². The molecule has 1 heterocycles. The second-order valence-electron chi connectivity index (χ2n) is 3.24.